The Labute approximate surface area is 70.2 Å². The van der Waals surface area contributed by atoms with E-state index in [4.69, 9.17) is 5.73 Å². The van der Waals surface area contributed by atoms with Crippen LogP contribution in [0.1, 0.15) is 15.9 Å². The number of halogens is 1. The summed E-state index contributed by atoms with van der Waals surface area (Å²) in [6, 6.07) is 4.22. The second-order valence-corrected chi connectivity index (χ2v) is 2.59. The second-order valence-electron chi connectivity index (χ2n) is 2.59. The number of carbonyl (C=O) groups is 1. The van der Waals surface area contributed by atoms with Crippen LogP contribution in [0.15, 0.2) is 18.2 Å². The van der Waals surface area contributed by atoms with Crippen LogP contribution in [-0.2, 0) is 0 Å². The largest absolute Gasteiger partial charge is 0.324 e. The molecule has 0 spiro atoms. The van der Waals surface area contributed by atoms with E-state index < -0.39 is 0 Å². The number of benzene rings is 1. The first-order valence-corrected chi connectivity index (χ1v) is 3.64. The maximum absolute atomic E-state index is 12.7. The zero-order chi connectivity index (χ0) is 9.14. The van der Waals surface area contributed by atoms with Gasteiger partial charge < -0.3 is 5.73 Å². The lowest BCUT2D eigenvalue weighted by Gasteiger charge is -1.99. The van der Waals surface area contributed by atoms with E-state index in [2.05, 4.69) is 0 Å². The van der Waals surface area contributed by atoms with Crippen LogP contribution >= 0.6 is 0 Å². The fraction of sp³-hybridized carbons (Fsp3) is 0.222. The van der Waals surface area contributed by atoms with Crippen molar-refractivity contribution in [2.75, 3.05) is 6.54 Å². The lowest BCUT2D eigenvalue weighted by Crippen LogP contribution is -2.13. The van der Waals surface area contributed by atoms with E-state index in [1.807, 2.05) is 0 Å². The van der Waals surface area contributed by atoms with Gasteiger partial charge in [-0.25, -0.2) is 4.39 Å². The molecule has 12 heavy (non-hydrogen) atoms. The van der Waals surface area contributed by atoms with Gasteiger partial charge in [-0.1, -0.05) is 0 Å². The van der Waals surface area contributed by atoms with E-state index in [1.165, 1.54) is 18.2 Å². The summed E-state index contributed by atoms with van der Waals surface area (Å²) >= 11 is 0. The number of carbonyl (C=O) groups excluding carboxylic acids is 1. The minimum absolute atomic E-state index is 0.0366. The molecule has 2 N–H and O–H groups in total. The minimum Gasteiger partial charge on any atom is -0.324 e. The Bertz CT molecular complexity index is 309. The Morgan fingerprint density at radius 1 is 1.58 bits per heavy atom. The van der Waals surface area contributed by atoms with Crippen molar-refractivity contribution >= 4 is 5.78 Å². The van der Waals surface area contributed by atoms with E-state index in [1.54, 1.807) is 6.92 Å². The fourth-order valence-corrected chi connectivity index (χ4v) is 0.936. The first-order valence-electron chi connectivity index (χ1n) is 3.64. The van der Waals surface area contributed by atoms with Crippen LogP contribution in [0, 0.1) is 12.7 Å². The molecule has 0 atom stereocenters. The van der Waals surface area contributed by atoms with E-state index in [9.17, 15) is 9.18 Å². The van der Waals surface area contributed by atoms with Gasteiger partial charge in [-0.2, -0.15) is 0 Å². The van der Waals surface area contributed by atoms with Crippen molar-refractivity contribution < 1.29 is 9.18 Å². The van der Waals surface area contributed by atoms with Crippen molar-refractivity contribution in [3.05, 3.63) is 35.1 Å². The van der Waals surface area contributed by atoms with Gasteiger partial charge in [0.15, 0.2) is 5.78 Å². The quantitative estimate of drug-likeness (QED) is 0.674. The minimum atomic E-state index is -0.302. The van der Waals surface area contributed by atoms with Crippen molar-refractivity contribution in [3.8, 4) is 0 Å². The van der Waals surface area contributed by atoms with Crippen LogP contribution in [0.5, 0.6) is 0 Å². The Hall–Kier alpha value is -1.22. The van der Waals surface area contributed by atoms with E-state index in [0.29, 0.717) is 11.1 Å². The molecule has 2 nitrogen and oxygen atoms in total. The Balaban J connectivity index is 3.05. The van der Waals surface area contributed by atoms with E-state index in [-0.39, 0.29) is 18.1 Å². The molecule has 1 rings (SSSR count). The third-order valence-electron chi connectivity index (χ3n) is 1.67. The number of ketones is 1. The molecule has 0 bridgehead atoms. The van der Waals surface area contributed by atoms with Gasteiger partial charge in [-0.15, -0.1) is 0 Å². The molecule has 3 heteroatoms. The zero-order valence-electron chi connectivity index (χ0n) is 6.80. The summed E-state index contributed by atoms with van der Waals surface area (Å²) in [5, 5.41) is 0. The summed E-state index contributed by atoms with van der Waals surface area (Å²) < 4.78 is 12.7. The topological polar surface area (TPSA) is 43.1 Å². The van der Waals surface area contributed by atoms with Crippen LogP contribution in [0.25, 0.3) is 0 Å². The molecule has 0 unspecified atom stereocenters. The van der Waals surface area contributed by atoms with Gasteiger partial charge in [0.05, 0.1) is 6.54 Å². The van der Waals surface area contributed by atoms with Gasteiger partial charge in [-0.3, -0.25) is 4.79 Å². The summed E-state index contributed by atoms with van der Waals surface area (Å²) in [6.07, 6.45) is 0. The third kappa shape index (κ3) is 1.68. The first-order chi connectivity index (χ1) is 5.65. The normalized spacial score (nSPS) is 9.92. The van der Waals surface area contributed by atoms with E-state index >= 15 is 0 Å². The molecule has 0 aliphatic rings. The first kappa shape index (κ1) is 8.87. The Morgan fingerprint density at radius 2 is 2.25 bits per heavy atom. The van der Waals surface area contributed by atoms with Gasteiger partial charge in [0.2, 0.25) is 0 Å². The van der Waals surface area contributed by atoms with Gasteiger partial charge in [-0.05, 0) is 30.7 Å². The van der Waals surface area contributed by atoms with Crippen molar-refractivity contribution in [1.82, 2.24) is 0 Å². The van der Waals surface area contributed by atoms with Crippen molar-refractivity contribution in [1.29, 1.82) is 0 Å². The molecule has 0 amide bonds. The van der Waals surface area contributed by atoms with Crippen LogP contribution in [-0.4, -0.2) is 12.3 Å². The van der Waals surface area contributed by atoms with Gasteiger partial charge in [0.1, 0.15) is 5.82 Å². The molecule has 0 radical (unpaired) electrons. The lowest BCUT2D eigenvalue weighted by molar-refractivity contribution is 0.100. The summed E-state index contributed by atoms with van der Waals surface area (Å²) in [6.45, 7) is 1.58. The predicted molar refractivity (Wildman–Crippen MR) is 44.5 cm³/mol. The molecule has 1 aromatic rings. The SMILES string of the molecule is Cc1cc(C(=O)CN)ccc1F. The highest BCUT2D eigenvalue weighted by Crippen LogP contribution is 2.09. The summed E-state index contributed by atoms with van der Waals surface area (Å²) in [5.74, 6) is -0.471. The standard InChI is InChI=1S/C9H10FNO/c1-6-4-7(9(12)5-11)2-3-8(6)10/h2-4H,5,11H2,1H3. The highest BCUT2D eigenvalue weighted by molar-refractivity contribution is 5.97. The van der Waals surface area contributed by atoms with E-state index in [0.717, 1.165) is 0 Å². The molecular weight excluding hydrogens is 157 g/mol. The van der Waals surface area contributed by atoms with Crippen LogP contribution < -0.4 is 5.73 Å². The number of aryl methyl sites for hydroxylation is 1. The smallest absolute Gasteiger partial charge is 0.176 e. The molecule has 0 aromatic heterocycles. The number of rotatable bonds is 2. The molecule has 0 heterocycles. The molecular formula is C9H10FNO. The summed E-state index contributed by atoms with van der Waals surface area (Å²) in [4.78, 5) is 11.0. The molecule has 0 aliphatic heterocycles. The number of hydrogen-bond donors (Lipinski definition) is 1. The van der Waals surface area contributed by atoms with Gasteiger partial charge in [0, 0.05) is 5.56 Å². The maximum atomic E-state index is 12.7. The number of Topliss-reactive ketones (excluding diaryl/α,β-unsaturated/α-hetero) is 1. The number of nitrogens with two attached hydrogens (primary N) is 1. The maximum Gasteiger partial charge on any atom is 0.176 e. The monoisotopic (exact) mass is 167 g/mol. The molecule has 64 valence electrons. The molecule has 1 aromatic carbocycles. The highest BCUT2D eigenvalue weighted by Gasteiger charge is 2.04. The average Bonchev–Trinajstić information content (AvgIpc) is 2.08. The Morgan fingerprint density at radius 3 is 2.75 bits per heavy atom. The fourth-order valence-electron chi connectivity index (χ4n) is 0.936. The average molecular weight is 167 g/mol. The predicted octanol–water partition coefficient (Wildman–Crippen LogP) is 1.28. The van der Waals surface area contributed by atoms with Crippen molar-refractivity contribution in [2.24, 2.45) is 5.73 Å². The van der Waals surface area contributed by atoms with Crippen molar-refractivity contribution in [3.63, 3.8) is 0 Å². The second kappa shape index (κ2) is 3.45. The third-order valence-corrected chi connectivity index (χ3v) is 1.67. The van der Waals surface area contributed by atoms with Crippen LogP contribution in [0.4, 0.5) is 4.39 Å². The van der Waals surface area contributed by atoms with Crippen LogP contribution in [0.3, 0.4) is 0 Å². The van der Waals surface area contributed by atoms with Crippen LogP contribution in [0.2, 0.25) is 0 Å². The summed E-state index contributed by atoms with van der Waals surface area (Å²) in [5.41, 5.74) is 6.08. The van der Waals surface area contributed by atoms with Gasteiger partial charge in [0.25, 0.3) is 0 Å². The molecule has 0 fully saturated rings. The number of hydrogen-bond acceptors (Lipinski definition) is 2. The van der Waals surface area contributed by atoms with Gasteiger partial charge >= 0.3 is 0 Å². The zero-order valence-corrected chi connectivity index (χ0v) is 6.80. The Kier molecular flexibility index (Phi) is 2.55. The molecule has 0 saturated heterocycles. The highest BCUT2D eigenvalue weighted by atomic mass is 19.1. The molecule has 0 saturated carbocycles. The van der Waals surface area contributed by atoms with Crippen molar-refractivity contribution in [2.45, 2.75) is 6.92 Å². The summed E-state index contributed by atoms with van der Waals surface area (Å²) in [7, 11) is 0. The molecule has 0 aliphatic carbocycles. The lowest BCUT2D eigenvalue weighted by atomic mass is 10.1.